The summed E-state index contributed by atoms with van der Waals surface area (Å²) in [5.41, 5.74) is 8.10. The number of hydrogen-bond acceptors (Lipinski definition) is 4. The van der Waals surface area contributed by atoms with Gasteiger partial charge in [0.1, 0.15) is 6.61 Å². The van der Waals surface area contributed by atoms with E-state index in [4.69, 9.17) is 15.2 Å². The summed E-state index contributed by atoms with van der Waals surface area (Å²) < 4.78 is 11.2. The van der Waals surface area contributed by atoms with Gasteiger partial charge >= 0.3 is 5.97 Å². The van der Waals surface area contributed by atoms with Gasteiger partial charge in [0.15, 0.2) is 0 Å². The Morgan fingerprint density at radius 1 is 1.33 bits per heavy atom. The summed E-state index contributed by atoms with van der Waals surface area (Å²) >= 11 is 0. The van der Waals surface area contributed by atoms with Gasteiger partial charge in [-0.05, 0) is 51.1 Å². The Kier molecular flexibility index (Phi) is 6.96. The van der Waals surface area contributed by atoms with E-state index in [2.05, 4.69) is 0 Å². The molecule has 2 N–H and O–H groups in total. The van der Waals surface area contributed by atoms with Gasteiger partial charge in [-0.3, -0.25) is 0 Å². The number of rotatable bonds is 7. The number of hydrogen-bond donors (Lipinski definition) is 1. The molecule has 0 spiro atoms. The molecule has 0 heterocycles. The second-order valence-electron chi connectivity index (χ2n) is 5.18. The van der Waals surface area contributed by atoms with Crippen molar-refractivity contribution >= 4 is 5.97 Å². The predicted octanol–water partition coefficient (Wildman–Crippen LogP) is 3.20. The second-order valence-corrected chi connectivity index (χ2v) is 5.18. The van der Waals surface area contributed by atoms with Crippen LogP contribution in [0.25, 0.3) is 0 Å². The molecule has 21 heavy (non-hydrogen) atoms. The third-order valence-electron chi connectivity index (χ3n) is 3.44. The molecule has 0 radical (unpaired) electrons. The van der Waals surface area contributed by atoms with Crippen molar-refractivity contribution in [2.45, 2.75) is 46.3 Å². The number of aryl methyl sites for hydroxylation is 1. The fourth-order valence-corrected chi connectivity index (χ4v) is 1.73. The summed E-state index contributed by atoms with van der Waals surface area (Å²) in [5, 5.41) is 0. The first-order valence-corrected chi connectivity index (χ1v) is 7.25. The van der Waals surface area contributed by atoms with Gasteiger partial charge in [0.25, 0.3) is 0 Å². The average molecular weight is 291 g/mol. The smallest absolute Gasteiger partial charge is 0.338 e. The van der Waals surface area contributed by atoms with Crippen molar-refractivity contribution in [3.8, 4) is 0 Å². The largest absolute Gasteiger partial charge is 0.459 e. The molecular formula is C17H25NO3. The van der Waals surface area contributed by atoms with Crippen LogP contribution in [0.2, 0.25) is 0 Å². The van der Waals surface area contributed by atoms with Crippen LogP contribution >= 0.6 is 0 Å². The van der Waals surface area contributed by atoms with Crippen molar-refractivity contribution in [1.29, 1.82) is 0 Å². The average Bonchev–Trinajstić information content (AvgIpc) is 2.50. The lowest BCUT2D eigenvalue weighted by atomic mass is 10.1. The molecule has 0 aliphatic rings. The van der Waals surface area contributed by atoms with E-state index in [1.165, 1.54) is 6.20 Å². The maximum absolute atomic E-state index is 11.9. The van der Waals surface area contributed by atoms with Crippen LogP contribution in [0.5, 0.6) is 0 Å². The van der Waals surface area contributed by atoms with Crippen molar-refractivity contribution in [3.05, 3.63) is 47.2 Å². The quantitative estimate of drug-likeness (QED) is 0.784. The summed E-state index contributed by atoms with van der Waals surface area (Å²) in [6, 6.07) is 7.32. The van der Waals surface area contributed by atoms with Crippen molar-refractivity contribution in [2.75, 3.05) is 6.61 Å². The molecule has 4 nitrogen and oxygen atoms in total. The van der Waals surface area contributed by atoms with E-state index in [0.717, 1.165) is 17.6 Å². The molecule has 1 aromatic rings. The van der Waals surface area contributed by atoms with Crippen LogP contribution in [0.15, 0.2) is 36.0 Å². The van der Waals surface area contributed by atoms with Crippen molar-refractivity contribution in [2.24, 2.45) is 5.73 Å². The molecule has 0 bridgehead atoms. The minimum atomic E-state index is -0.323. The third-order valence-corrected chi connectivity index (χ3v) is 3.44. The standard InChI is InChI=1S/C17H25NO3/c1-5-16(21-14(4)13(3)10-18)11-20-17(19)15-8-6-12(2)7-9-15/h6-10,14,16H,5,11,18H2,1-4H3/b13-10+/t14-,16-/m0/s1. The SMILES string of the molecule is CC[C@@H](COC(=O)c1ccc(C)cc1)O[C@@H](C)/C(C)=C/N. The lowest BCUT2D eigenvalue weighted by Gasteiger charge is -2.21. The van der Waals surface area contributed by atoms with E-state index in [1.54, 1.807) is 12.1 Å². The van der Waals surface area contributed by atoms with Gasteiger partial charge in [0.05, 0.1) is 17.8 Å². The lowest BCUT2D eigenvalue weighted by Crippen LogP contribution is -2.26. The Morgan fingerprint density at radius 3 is 2.48 bits per heavy atom. The molecule has 0 saturated carbocycles. The topological polar surface area (TPSA) is 61.5 Å². The maximum atomic E-state index is 11.9. The molecule has 0 aliphatic heterocycles. The van der Waals surface area contributed by atoms with Gasteiger partial charge in [-0.2, -0.15) is 0 Å². The van der Waals surface area contributed by atoms with E-state index >= 15 is 0 Å². The van der Waals surface area contributed by atoms with Gasteiger partial charge in [-0.1, -0.05) is 24.6 Å². The number of esters is 1. The van der Waals surface area contributed by atoms with Crippen LogP contribution in [-0.2, 0) is 9.47 Å². The second kappa shape index (κ2) is 8.47. The molecule has 4 heteroatoms. The van der Waals surface area contributed by atoms with Crippen molar-refractivity contribution in [3.63, 3.8) is 0 Å². The zero-order valence-electron chi connectivity index (χ0n) is 13.3. The Bertz CT molecular complexity index is 479. The highest BCUT2D eigenvalue weighted by atomic mass is 16.6. The first-order chi connectivity index (χ1) is 9.97. The van der Waals surface area contributed by atoms with Crippen molar-refractivity contribution < 1.29 is 14.3 Å². The van der Waals surface area contributed by atoms with Gasteiger partial charge in [-0.25, -0.2) is 4.79 Å². The highest BCUT2D eigenvalue weighted by Gasteiger charge is 2.16. The molecule has 0 aliphatic carbocycles. The zero-order valence-corrected chi connectivity index (χ0v) is 13.3. The van der Waals surface area contributed by atoms with E-state index in [1.807, 2.05) is 39.8 Å². The lowest BCUT2D eigenvalue weighted by molar-refractivity contribution is -0.0298. The molecule has 116 valence electrons. The van der Waals surface area contributed by atoms with Crippen LogP contribution in [0.1, 0.15) is 43.1 Å². The van der Waals surface area contributed by atoms with Crippen LogP contribution in [-0.4, -0.2) is 24.8 Å². The maximum Gasteiger partial charge on any atom is 0.338 e. The van der Waals surface area contributed by atoms with Crippen LogP contribution in [0.3, 0.4) is 0 Å². The Balaban J connectivity index is 2.51. The summed E-state index contributed by atoms with van der Waals surface area (Å²) in [5.74, 6) is -0.323. The van der Waals surface area contributed by atoms with Gasteiger partial charge < -0.3 is 15.2 Å². The van der Waals surface area contributed by atoms with Crippen LogP contribution in [0.4, 0.5) is 0 Å². The molecule has 0 aromatic heterocycles. The minimum absolute atomic E-state index is 0.0852. The summed E-state index contributed by atoms with van der Waals surface area (Å²) in [6.07, 6.45) is 2.08. The number of carbonyl (C=O) groups is 1. The number of benzene rings is 1. The highest BCUT2D eigenvalue weighted by Crippen LogP contribution is 2.11. The zero-order chi connectivity index (χ0) is 15.8. The van der Waals surface area contributed by atoms with E-state index in [9.17, 15) is 4.79 Å². The summed E-state index contributed by atoms with van der Waals surface area (Å²) in [6.45, 7) is 8.06. The molecule has 2 atom stereocenters. The number of ether oxygens (including phenoxy) is 2. The van der Waals surface area contributed by atoms with Crippen LogP contribution < -0.4 is 5.73 Å². The molecule has 0 amide bonds. The summed E-state index contributed by atoms with van der Waals surface area (Å²) in [4.78, 5) is 11.9. The van der Waals surface area contributed by atoms with Gasteiger partial charge in [0, 0.05) is 0 Å². The van der Waals surface area contributed by atoms with Gasteiger partial charge in [0.2, 0.25) is 0 Å². The fraction of sp³-hybridized carbons (Fsp3) is 0.471. The van der Waals surface area contributed by atoms with E-state index in [0.29, 0.717) is 5.56 Å². The molecule has 0 fully saturated rings. The van der Waals surface area contributed by atoms with E-state index < -0.39 is 0 Å². The number of nitrogens with two attached hydrogens (primary N) is 1. The first-order valence-electron chi connectivity index (χ1n) is 7.25. The number of carbonyl (C=O) groups excluding carboxylic acids is 1. The van der Waals surface area contributed by atoms with Crippen LogP contribution in [0, 0.1) is 6.92 Å². The molecule has 0 saturated heterocycles. The minimum Gasteiger partial charge on any atom is -0.459 e. The Morgan fingerprint density at radius 2 is 1.95 bits per heavy atom. The highest BCUT2D eigenvalue weighted by molar-refractivity contribution is 5.89. The molecule has 1 rings (SSSR count). The van der Waals surface area contributed by atoms with Crippen molar-refractivity contribution in [1.82, 2.24) is 0 Å². The monoisotopic (exact) mass is 291 g/mol. The Hall–Kier alpha value is -1.81. The Labute approximate surface area is 126 Å². The normalized spacial score (nSPS) is 14.6. The van der Waals surface area contributed by atoms with Gasteiger partial charge in [-0.15, -0.1) is 0 Å². The molecular weight excluding hydrogens is 266 g/mol. The molecule has 1 aromatic carbocycles. The third kappa shape index (κ3) is 5.60. The first kappa shape index (κ1) is 17.2. The predicted molar refractivity (Wildman–Crippen MR) is 84.0 cm³/mol. The summed E-state index contributed by atoms with van der Waals surface area (Å²) in [7, 11) is 0. The van der Waals surface area contributed by atoms with E-state index in [-0.39, 0.29) is 24.8 Å². The molecule has 0 unspecified atom stereocenters. The fourth-order valence-electron chi connectivity index (χ4n) is 1.73.